The van der Waals surface area contributed by atoms with Gasteiger partial charge in [-0.2, -0.15) is 0 Å². The number of rotatable bonds is 3. The van der Waals surface area contributed by atoms with Gasteiger partial charge in [0.2, 0.25) is 0 Å². The number of aldehydes is 1. The molecule has 0 unspecified atom stereocenters. The van der Waals surface area contributed by atoms with E-state index >= 15 is 0 Å². The topological polar surface area (TPSA) is 47.5 Å². The van der Waals surface area contributed by atoms with Crippen LogP contribution in [0.15, 0.2) is 65.3 Å². The minimum Gasteiger partial charge on any atom is -0.453 e. The van der Waals surface area contributed by atoms with Crippen LogP contribution in [0.2, 0.25) is 0 Å². The average molecular weight is 302 g/mol. The third kappa shape index (κ3) is 2.34. The zero-order valence-corrected chi connectivity index (χ0v) is 12.6. The minimum atomic E-state index is 0.331. The molecule has 4 rings (SSSR count). The lowest BCUT2D eigenvalue weighted by atomic mass is 10.0. The van der Waals surface area contributed by atoms with E-state index in [4.69, 9.17) is 4.42 Å². The number of pyridine rings is 1. The molecule has 0 aliphatic carbocycles. The Labute approximate surface area is 133 Å². The number of nitrogens with zero attached hydrogens (tertiary/aromatic N) is 2. The highest BCUT2D eigenvalue weighted by Gasteiger charge is 2.11. The minimum absolute atomic E-state index is 0.331. The first kappa shape index (κ1) is 13.5. The Balaban J connectivity index is 1.83. The first-order valence-electron chi connectivity index (χ1n) is 7.35. The lowest BCUT2D eigenvalue weighted by Crippen LogP contribution is -1.84. The summed E-state index contributed by atoms with van der Waals surface area (Å²) in [4.78, 5) is 15.5. The highest BCUT2D eigenvalue weighted by molar-refractivity contribution is 5.76. The summed E-state index contributed by atoms with van der Waals surface area (Å²) in [5.41, 5.74) is 4.88. The average Bonchev–Trinajstić information content (AvgIpc) is 3.21. The van der Waals surface area contributed by atoms with Gasteiger partial charge in [-0.25, -0.2) is 4.98 Å². The zero-order valence-electron chi connectivity index (χ0n) is 12.6. The Bertz CT molecular complexity index is 978. The second kappa shape index (κ2) is 5.25. The zero-order chi connectivity index (χ0) is 15.8. The molecule has 0 N–H and O–H groups in total. The Hall–Kier alpha value is -3.14. The summed E-state index contributed by atoms with van der Waals surface area (Å²) < 4.78 is 7.55. The number of hydrogen-bond donors (Lipinski definition) is 0. The maximum Gasteiger partial charge on any atom is 0.185 e. The van der Waals surface area contributed by atoms with Crippen molar-refractivity contribution in [3.8, 4) is 22.6 Å². The number of aryl methyl sites for hydroxylation is 1. The summed E-state index contributed by atoms with van der Waals surface area (Å²) in [6.45, 7) is 2.02. The maximum atomic E-state index is 10.8. The van der Waals surface area contributed by atoms with Gasteiger partial charge in [-0.3, -0.25) is 4.79 Å². The van der Waals surface area contributed by atoms with Crippen LogP contribution in [-0.2, 0) is 0 Å². The fraction of sp³-hybridized carbons (Fsp3) is 0.0526. The van der Waals surface area contributed by atoms with Crippen LogP contribution >= 0.6 is 0 Å². The maximum absolute atomic E-state index is 10.8. The third-order valence-electron chi connectivity index (χ3n) is 3.91. The molecule has 3 aromatic heterocycles. The van der Waals surface area contributed by atoms with Gasteiger partial charge in [0.15, 0.2) is 12.0 Å². The van der Waals surface area contributed by atoms with Gasteiger partial charge in [0.1, 0.15) is 11.4 Å². The van der Waals surface area contributed by atoms with Gasteiger partial charge >= 0.3 is 0 Å². The Kier molecular flexibility index (Phi) is 3.08. The van der Waals surface area contributed by atoms with E-state index in [0.717, 1.165) is 28.0 Å². The van der Waals surface area contributed by atoms with Gasteiger partial charge in [0.05, 0.1) is 5.69 Å². The highest BCUT2D eigenvalue weighted by atomic mass is 16.3. The van der Waals surface area contributed by atoms with Crippen LogP contribution in [-0.4, -0.2) is 15.7 Å². The second-order valence-electron chi connectivity index (χ2n) is 5.44. The number of benzene rings is 1. The number of furan rings is 1. The lowest BCUT2D eigenvalue weighted by molar-refractivity contribution is 0.110. The molecule has 1 aromatic carbocycles. The molecule has 4 heteroatoms. The molecule has 0 saturated carbocycles. The van der Waals surface area contributed by atoms with Crippen molar-refractivity contribution in [1.82, 2.24) is 9.38 Å². The molecule has 0 amide bonds. The van der Waals surface area contributed by atoms with E-state index in [1.807, 2.05) is 66.2 Å². The summed E-state index contributed by atoms with van der Waals surface area (Å²) in [6, 6.07) is 15.5. The third-order valence-corrected chi connectivity index (χ3v) is 3.91. The molecule has 0 bridgehead atoms. The van der Waals surface area contributed by atoms with Crippen molar-refractivity contribution in [2.75, 3.05) is 0 Å². The standard InChI is InChI=1S/C19H14N2O2/c1-13-5-6-14(10-16(13)18-8-7-15(12-22)23-18)17-11-21-9-3-2-4-19(21)20-17/h2-12H,1H3. The predicted octanol–water partition coefficient (Wildman–Crippen LogP) is 4.38. The first-order valence-corrected chi connectivity index (χ1v) is 7.35. The first-order chi connectivity index (χ1) is 11.2. The Morgan fingerprint density at radius 1 is 1.13 bits per heavy atom. The molecule has 23 heavy (non-hydrogen) atoms. The summed E-state index contributed by atoms with van der Waals surface area (Å²) >= 11 is 0. The van der Waals surface area contributed by atoms with E-state index in [2.05, 4.69) is 4.98 Å². The van der Waals surface area contributed by atoms with Gasteiger partial charge < -0.3 is 8.82 Å². The molecular weight excluding hydrogens is 288 g/mol. The Morgan fingerprint density at radius 2 is 2.04 bits per heavy atom. The van der Waals surface area contributed by atoms with E-state index in [-0.39, 0.29) is 0 Å². The molecule has 0 aliphatic heterocycles. The molecule has 0 saturated heterocycles. The van der Waals surface area contributed by atoms with Crippen molar-refractivity contribution in [3.05, 3.63) is 72.2 Å². The summed E-state index contributed by atoms with van der Waals surface area (Å²) in [7, 11) is 0. The van der Waals surface area contributed by atoms with E-state index in [1.165, 1.54) is 0 Å². The highest BCUT2D eigenvalue weighted by Crippen LogP contribution is 2.30. The number of imidazole rings is 1. The smallest absolute Gasteiger partial charge is 0.185 e. The van der Waals surface area contributed by atoms with Crippen molar-refractivity contribution in [3.63, 3.8) is 0 Å². The normalized spacial score (nSPS) is 11.0. The predicted molar refractivity (Wildman–Crippen MR) is 88.5 cm³/mol. The monoisotopic (exact) mass is 302 g/mol. The van der Waals surface area contributed by atoms with Gasteiger partial charge in [0.25, 0.3) is 0 Å². The molecule has 4 nitrogen and oxygen atoms in total. The largest absolute Gasteiger partial charge is 0.453 e. The molecule has 4 aromatic rings. The Morgan fingerprint density at radius 3 is 2.83 bits per heavy atom. The molecule has 112 valence electrons. The van der Waals surface area contributed by atoms with Gasteiger partial charge in [-0.15, -0.1) is 0 Å². The van der Waals surface area contributed by atoms with Gasteiger partial charge in [-0.05, 0) is 42.8 Å². The van der Waals surface area contributed by atoms with Crippen molar-refractivity contribution >= 4 is 11.9 Å². The molecule has 0 fully saturated rings. The van der Waals surface area contributed by atoms with Crippen molar-refractivity contribution in [1.29, 1.82) is 0 Å². The second-order valence-corrected chi connectivity index (χ2v) is 5.44. The van der Waals surface area contributed by atoms with E-state index in [0.29, 0.717) is 17.8 Å². The fourth-order valence-corrected chi connectivity index (χ4v) is 2.68. The number of fused-ring (bicyclic) bond motifs is 1. The molecular formula is C19H14N2O2. The van der Waals surface area contributed by atoms with Crippen LogP contribution < -0.4 is 0 Å². The van der Waals surface area contributed by atoms with Crippen LogP contribution in [0.1, 0.15) is 16.1 Å². The van der Waals surface area contributed by atoms with Crippen LogP contribution in [0, 0.1) is 6.92 Å². The number of carbonyl (C=O) groups excluding carboxylic acids is 1. The quantitative estimate of drug-likeness (QED) is 0.528. The summed E-state index contributed by atoms with van der Waals surface area (Å²) in [6.07, 6.45) is 4.69. The van der Waals surface area contributed by atoms with Crippen molar-refractivity contribution in [2.45, 2.75) is 6.92 Å². The molecule has 0 spiro atoms. The van der Waals surface area contributed by atoms with Crippen molar-refractivity contribution < 1.29 is 9.21 Å². The van der Waals surface area contributed by atoms with E-state index in [1.54, 1.807) is 6.07 Å². The molecule has 0 atom stereocenters. The summed E-state index contributed by atoms with van der Waals surface area (Å²) in [5, 5.41) is 0. The van der Waals surface area contributed by atoms with Gasteiger partial charge in [0, 0.05) is 23.5 Å². The van der Waals surface area contributed by atoms with Crippen LogP contribution in [0.3, 0.4) is 0 Å². The van der Waals surface area contributed by atoms with Crippen LogP contribution in [0.5, 0.6) is 0 Å². The molecule has 0 aliphatic rings. The van der Waals surface area contributed by atoms with E-state index in [9.17, 15) is 4.79 Å². The lowest BCUT2D eigenvalue weighted by Gasteiger charge is -2.05. The van der Waals surface area contributed by atoms with E-state index < -0.39 is 0 Å². The SMILES string of the molecule is Cc1ccc(-c2cn3ccccc3n2)cc1-c1ccc(C=O)o1. The molecule has 3 heterocycles. The fourth-order valence-electron chi connectivity index (χ4n) is 2.68. The van der Waals surface area contributed by atoms with Crippen molar-refractivity contribution in [2.24, 2.45) is 0 Å². The molecule has 0 radical (unpaired) electrons. The number of hydrogen-bond acceptors (Lipinski definition) is 3. The number of aromatic nitrogens is 2. The van der Waals surface area contributed by atoms with Crippen LogP contribution in [0.4, 0.5) is 0 Å². The van der Waals surface area contributed by atoms with Gasteiger partial charge in [-0.1, -0.05) is 18.2 Å². The number of carbonyl (C=O) groups is 1. The summed E-state index contributed by atoms with van der Waals surface area (Å²) in [5.74, 6) is 1.02. The van der Waals surface area contributed by atoms with Crippen LogP contribution in [0.25, 0.3) is 28.2 Å².